The van der Waals surface area contributed by atoms with Gasteiger partial charge in [0, 0.05) is 16.1 Å². The summed E-state index contributed by atoms with van der Waals surface area (Å²) in [5, 5.41) is 0.364. The van der Waals surface area contributed by atoms with E-state index in [-0.39, 0.29) is 0 Å². The molecule has 0 aliphatic carbocycles. The molecule has 0 N–H and O–H groups in total. The van der Waals surface area contributed by atoms with Crippen LogP contribution < -0.4 is 0 Å². The first kappa shape index (κ1) is 16.8. The van der Waals surface area contributed by atoms with Crippen LogP contribution in [0.4, 0.5) is 4.39 Å². The molecule has 0 atom stereocenters. The molecule has 0 unspecified atom stereocenters. The fourth-order valence-electron chi connectivity index (χ4n) is 2.37. The molecule has 3 aromatic carbocycles. The van der Waals surface area contributed by atoms with E-state index in [1.54, 1.807) is 12.1 Å². The molecule has 0 spiro atoms. The van der Waals surface area contributed by atoms with Gasteiger partial charge in [-0.25, -0.2) is 4.39 Å². The Morgan fingerprint density at radius 2 is 1.28 bits per heavy atom. The zero-order chi connectivity index (χ0) is 17.6. The third-order valence-corrected chi connectivity index (χ3v) is 3.88. The van der Waals surface area contributed by atoms with Crippen LogP contribution in [0, 0.1) is 29.5 Å². The van der Waals surface area contributed by atoms with E-state index in [1.165, 1.54) is 6.07 Å². The normalized spacial score (nSPS) is 9.56. The third kappa shape index (κ3) is 4.30. The molecule has 2 heteroatoms. The molecule has 0 radical (unpaired) electrons. The minimum absolute atomic E-state index is 0.334. The van der Waals surface area contributed by atoms with Crippen LogP contribution in [0.1, 0.15) is 23.6 Å². The molecule has 0 nitrogen and oxygen atoms in total. The highest BCUT2D eigenvalue weighted by molar-refractivity contribution is 6.30. The molecule has 3 aromatic rings. The lowest BCUT2D eigenvalue weighted by molar-refractivity contribution is 0.624. The van der Waals surface area contributed by atoms with Gasteiger partial charge in [0.2, 0.25) is 0 Å². The van der Waals surface area contributed by atoms with Crippen molar-refractivity contribution in [3.63, 3.8) is 0 Å². The van der Waals surface area contributed by atoms with Gasteiger partial charge in [-0.3, -0.25) is 0 Å². The van der Waals surface area contributed by atoms with Gasteiger partial charge in [-0.15, -0.1) is 5.92 Å². The summed E-state index contributed by atoms with van der Waals surface area (Å²) in [6.07, 6.45) is 0. The Morgan fingerprint density at radius 3 is 1.80 bits per heavy atom. The van der Waals surface area contributed by atoms with Gasteiger partial charge in [0.05, 0.1) is 5.56 Å². The van der Waals surface area contributed by atoms with Crippen LogP contribution in [0.5, 0.6) is 0 Å². The predicted octanol–water partition coefficient (Wildman–Crippen LogP) is 5.92. The summed E-state index contributed by atoms with van der Waals surface area (Å²) < 4.78 is 13.7. The first-order valence-electron chi connectivity index (χ1n) is 7.76. The molecule has 0 amide bonds. The summed E-state index contributed by atoms with van der Waals surface area (Å²) in [5.74, 6) is 11.3. The fourth-order valence-corrected chi connectivity index (χ4v) is 2.53. The summed E-state index contributed by atoms with van der Waals surface area (Å²) in [4.78, 5) is 0. The molecule has 0 saturated heterocycles. The van der Waals surface area contributed by atoms with Crippen molar-refractivity contribution >= 4 is 11.6 Å². The van der Waals surface area contributed by atoms with Crippen molar-refractivity contribution in [2.24, 2.45) is 0 Å². The maximum atomic E-state index is 13.7. The van der Waals surface area contributed by atoms with Crippen molar-refractivity contribution in [1.29, 1.82) is 0 Å². The SMILES string of the molecule is CC#Cc1ccc(-c2ccc(C#Cc3ccc(Cl)cc3F)cc2)cc1. The van der Waals surface area contributed by atoms with Gasteiger partial charge in [0.1, 0.15) is 5.82 Å². The van der Waals surface area contributed by atoms with Crippen molar-refractivity contribution < 1.29 is 4.39 Å². The van der Waals surface area contributed by atoms with E-state index in [4.69, 9.17) is 11.6 Å². The summed E-state index contributed by atoms with van der Waals surface area (Å²) in [6.45, 7) is 1.82. The lowest BCUT2D eigenvalue weighted by Crippen LogP contribution is -1.83. The van der Waals surface area contributed by atoms with Crippen molar-refractivity contribution in [2.75, 3.05) is 0 Å². The Hall–Kier alpha value is -3.00. The lowest BCUT2D eigenvalue weighted by Gasteiger charge is -2.02. The van der Waals surface area contributed by atoms with E-state index < -0.39 is 5.82 Å². The van der Waals surface area contributed by atoms with Crippen LogP contribution in [-0.2, 0) is 0 Å². The quantitative estimate of drug-likeness (QED) is 0.481. The van der Waals surface area contributed by atoms with Crippen LogP contribution in [-0.4, -0.2) is 0 Å². The van der Waals surface area contributed by atoms with Crippen molar-refractivity contribution in [2.45, 2.75) is 6.92 Å². The van der Waals surface area contributed by atoms with Crippen molar-refractivity contribution in [3.8, 4) is 34.8 Å². The average Bonchev–Trinajstić information content (AvgIpc) is 2.62. The molecular weight excluding hydrogens is 331 g/mol. The van der Waals surface area contributed by atoms with Gasteiger partial charge in [-0.2, -0.15) is 0 Å². The van der Waals surface area contributed by atoms with E-state index in [9.17, 15) is 4.39 Å². The van der Waals surface area contributed by atoms with E-state index >= 15 is 0 Å². The highest BCUT2D eigenvalue weighted by atomic mass is 35.5. The summed E-state index contributed by atoms with van der Waals surface area (Å²) in [5.41, 5.74) is 4.37. The number of hydrogen-bond acceptors (Lipinski definition) is 0. The van der Waals surface area contributed by atoms with Gasteiger partial charge >= 0.3 is 0 Å². The molecule has 0 saturated carbocycles. The van der Waals surface area contributed by atoms with E-state index in [0.717, 1.165) is 22.3 Å². The van der Waals surface area contributed by atoms with E-state index in [2.05, 4.69) is 23.7 Å². The van der Waals surface area contributed by atoms with Gasteiger partial charge in [-0.1, -0.05) is 53.6 Å². The Kier molecular flexibility index (Phi) is 5.20. The first-order chi connectivity index (χ1) is 12.2. The third-order valence-electron chi connectivity index (χ3n) is 3.65. The predicted molar refractivity (Wildman–Crippen MR) is 102 cm³/mol. The van der Waals surface area contributed by atoms with Gasteiger partial charge in [-0.05, 0) is 60.5 Å². The van der Waals surface area contributed by atoms with Crippen LogP contribution >= 0.6 is 11.6 Å². The number of rotatable bonds is 1. The molecule has 0 aliphatic heterocycles. The summed E-state index contributed by atoms with van der Waals surface area (Å²) in [6, 6.07) is 20.4. The molecule has 0 bridgehead atoms. The summed E-state index contributed by atoms with van der Waals surface area (Å²) >= 11 is 5.74. The van der Waals surface area contributed by atoms with Crippen molar-refractivity contribution in [1.82, 2.24) is 0 Å². The Morgan fingerprint density at radius 1 is 0.720 bits per heavy atom. The molecule has 0 heterocycles. The molecule has 0 aromatic heterocycles. The minimum atomic E-state index is -0.410. The highest BCUT2D eigenvalue weighted by Gasteiger charge is 2.00. The van der Waals surface area contributed by atoms with Crippen LogP contribution in [0.2, 0.25) is 5.02 Å². The Labute approximate surface area is 152 Å². The standard InChI is InChI=1S/C23H14ClF/c1-2-3-17-4-9-19(10-5-17)20-11-6-18(7-12-20)8-13-21-14-15-22(24)16-23(21)25/h4-7,9-12,14-16H,1H3. The fraction of sp³-hybridized carbons (Fsp3) is 0.0435. The van der Waals surface area contributed by atoms with E-state index in [0.29, 0.717) is 10.6 Å². The highest BCUT2D eigenvalue weighted by Crippen LogP contribution is 2.20. The second-order valence-corrected chi connectivity index (χ2v) is 5.84. The smallest absolute Gasteiger partial charge is 0.140 e. The minimum Gasteiger partial charge on any atom is -0.206 e. The monoisotopic (exact) mass is 344 g/mol. The van der Waals surface area contributed by atoms with Crippen molar-refractivity contribution in [3.05, 3.63) is 94.3 Å². The first-order valence-corrected chi connectivity index (χ1v) is 8.14. The van der Waals surface area contributed by atoms with Gasteiger partial charge < -0.3 is 0 Å². The Bertz CT molecular complexity index is 1010. The zero-order valence-electron chi connectivity index (χ0n) is 13.6. The second kappa shape index (κ2) is 7.71. The van der Waals surface area contributed by atoms with Crippen LogP contribution in [0.3, 0.4) is 0 Å². The van der Waals surface area contributed by atoms with Gasteiger partial charge in [0.25, 0.3) is 0 Å². The molecule has 0 fully saturated rings. The van der Waals surface area contributed by atoms with Crippen LogP contribution in [0.25, 0.3) is 11.1 Å². The summed E-state index contributed by atoms with van der Waals surface area (Å²) in [7, 11) is 0. The Balaban J connectivity index is 1.80. The largest absolute Gasteiger partial charge is 0.206 e. The molecule has 120 valence electrons. The zero-order valence-corrected chi connectivity index (χ0v) is 14.4. The number of halogens is 2. The molecular formula is C23H14ClF. The van der Waals surface area contributed by atoms with Gasteiger partial charge in [0.15, 0.2) is 0 Å². The lowest BCUT2D eigenvalue weighted by atomic mass is 10.0. The number of benzene rings is 3. The van der Waals surface area contributed by atoms with Crippen LogP contribution in [0.15, 0.2) is 66.7 Å². The van der Waals surface area contributed by atoms with E-state index in [1.807, 2.05) is 55.5 Å². The molecule has 3 rings (SSSR count). The molecule has 25 heavy (non-hydrogen) atoms. The number of hydrogen-bond donors (Lipinski definition) is 0. The molecule has 0 aliphatic rings. The maximum Gasteiger partial charge on any atom is 0.140 e. The topological polar surface area (TPSA) is 0 Å². The maximum absolute atomic E-state index is 13.7. The second-order valence-electron chi connectivity index (χ2n) is 5.40. The average molecular weight is 345 g/mol.